The van der Waals surface area contributed by atoms with E-state index in [1.54, 1.807) is 19.3 Å². The van der Waals surface area contributed by atoms with Gasteiger partial charge in [-0.25, -0.2) is 0 Å². The van der Waals surface area contributed by atoms with Gasteiger partial charge in [0.05, 0.1) is 5.41 Å². The van der Waals surface area contributed by atoms with E-state index in [0.717, 1.165) is 30.5 Å². The Labute approximate surface area is 198 Å². The number of amides is 3. The number of hydrogen-bond acceptors (Lipinski definition) is 5. The normalized spacial score (nSPS) is 20.7. The second-order valence-corrected chi connectivity index (χ2v) is 9.74. The van der Waals surface area contributed by atoms with Crippen molar-refractivity contribution in [2.45, 2.75) is 50.5 Å². The first-order valence-electron chi connectivity index (χ1n) is 12.0. The van der Waals surface area contributed by atoms with Gasteiger partial charge in [0.15, 0.2) is 0 Å². The zero-order valence-corrected chi connectivity index (χ0v) is 19.6. The minimum absolute atomic E-state index is 0.00537. The predicted molar refractivity (Wildman–Crippen MR) is 126 cm³/mol. The van der Waals surface area contributed by atoms with Crippen molar-refractivity contribution in [3.8, 4) is 0 Å². The zero-order chi connectivity index (χ0) is 23.9. The number of carbonyl (C=O) groups is 3. The molecule has 5 rings (SSSR count). The molecule has 180 valence electrons. The smallest absolute Gasteiger partial charge is 0.270 e. The summed E-state index contributed by atoms with van der Waals surface area (Å²) in [4.78, 5) is 39.1. The van der Waals surface area contributed by atoms with Crippen molar-refractivity contribution < 1.29 is 19.1 Å². The lowest BCUT2D eigenvalue weighted by molar-refractivity contribution is -0.124. The van der Waals surface area contributed by atoms with E-state index in [1.807, 2.05) is 25.1 Å². The number of hydrogen-bond donors (Lipinski definition) is 3. The van der Waals surface area contributed by atoms with Gasteiger partial charge in [0.2, 0.25) is 11.8 Å². The maximum atomic E-state index is 13.4. The quantitative estimate of drug-likeness (QED) is 0.607. The first kappa shape index (κ1) is 22.6. The van der Waals surface area contributed by atoms with E-state index in [9.17, 15) is 14.4 Å². The lowest BCUT2D eigenvalue weighted by atomic mass is 9.73. The Morgan fingerprint density at radius 3 is 2.65 bits per heavy atom. The molecule has 1 aromatic carbocycles. The average Bonchev–Trinajstić information content (AvgIpc) is 3.32. The molecule has 1 saturated heterocycles. The van der Waals surface area contributed by atoms with E-state index in [0.29, 0.717) is 43.4 Å². The standard InChI is InChI=1S/C25H31N5O4/c1-15(16-4-3-5-16)21(29-22(31)20-8-11-26-30(20)2)23(32)27-17-6-7-18-19(14-17)28-24(33)25(18)9-12-34-13-10-25/h6-8,11,14-16,21H,3-5,9-10,12-13H2,1-2H3,(H,27,32)(H,28,33)(H,29,31). The summed E-state index contributed by atoms with van der Waals surface area (Å²) in [5, 5.41) is 13.0. The van der Waals surface area contributed by atoms with Crippen LogP contribution in [0.25, 0.3) is 0 Å². The van der Waals surface area contributed by atoms with Gasteiger partial charge in [-0.3, -0.25) is 19.1 Å². The highest BCUT2D eigenvalue weighted by molar-refractivity contribution is 6.07. The molecule has 2 aromatic rings. The Hall–Kier alpha value is -3.20. The van der Waals surface area contributed by atoms with E-state index in [1.165, 1.54) is 4.68 Å². The summed E-state index contributed by atoms with van der Waals surface area (Å²) < 4.78 is 6.96. The van der Waals surface area contributed by atoms with Gasteiger partial charge < -0.3 is 20.7 Å². The molecule has 2 fully saturated rings. The fourth-order valence-corrected chi connectivity index (χ4v) is 5.43. The monoisotopic (exact) mass is 465 g/mol. The van der Waals surface area contributed by atoms with Crippen LogP contribution in [0.2, 0.25) is 0 Å². The second kappa shape index (κ2) is 8.87. The molecule has 3 heterocycles. The van der Waals surface area contributed by atoms with Crippen LogP contribution in [-0.2, 0) is 26.8 Å². The Morgan fingerprint density at radius 2 is 2.00 bits per heavy atom. The van der Waals surface area contributed by atoms with Crippen LogP contribution in [0.4, 0.5) is 11.4 Å². The van der Waals surface area contributed by atoms with E-state index in [-0.39, 0.29) is 23.6 Å². The number of fused-ring (bicyclic) bond motifs is 2. The van der Waals surface area contributed by atoms with Crippen LogP contribution in [0.3, 0.4) is 0 Å². The van der Waals surface area contributed by atoms with Gasteiger partial charge in [0.25, 0.3) is 5.91 Å². The van der Waals surface area contributed by atoms with Crippen LogP contribution >= 0.6 is 0 Å². The zero-order valence-electron chi connectivity index (χ0n) is 19.6. The molecule has 1 saturated carbocycles. The number of anilines is 2. The molecular weight excluding hydrogens is 434 g/mol. The largest absolute Gasteiger partial charge is 0.381 e. The molecule has 1 spiro atoms. The van der Waals surface area contributed by atoms with Crippen molar-refractivity contribution in [2.24, 2.45) is 18.9 Å². The summed E-state index contributed by atoms with van der Waals surface area (Å²) in [5.74, 6) is -0.205. The fourth-order valence-electron chi connectivity index (χ4n) is 5.43. The highest BCUT2D eigenvalue weighted by Gasteiger charge is 2.47. The molecule has 3 aliphatic rings. The Kier molecular flexibility index (Phi) is 5.89. The van der Waals surface area contributed by atoms with E-state index in [4.69, 9.17) is 4.74 Å². The van der Waals surface area contributed by atoms with Crippen LogP contribution in [0.15, 0.2) is 30.5 Å². The second-order valence-electron chi connectivity index (χ2n) is 9.74. The van der Waals surface area contributed by atoms with Gasteiger partial charge in [-0.15, -0.1) is 0 Å². The minimum Gasteiger partial charge on any atom is -0.381 e. The molecule has 0 bridgehead atoms. The van der Waals surface area contributed by atoms with Crippen molar-refractivity contribution in [1.29, 1.82) is 0 Å². The Morgan fingerprint density at radius 1 is 1.24 bits per heavy atom. The molecule has 1 aromatic heterocycles. The molecule has 2 atom stereocenters. The molecule has 3 amide bonds. The van der Waals surface area contributed by atoms with E-state index in [2.05, 4.69) is 21.0 Å². The first-order chi connectivity index (χ1) is 16.4. The maximum Gasteiger partial charge on any atom is 0.270 e. The summed E-state index contributed by atoms with van der Waals surface area (Å²) in [6.07, 6.45) is 6.13. The van der Waals surface area contributed by atoms with Crippen LogP contribution in [0, 0.1) is 11.8 Å². The maximum absolute atomic E-state index is 13.4. The lowest BCUT2D eigenvalue weighted by Crippen LogP contribution is -2.50. The number of aromatic nitrogens is 2. The van der Waals surface area contributed by atoms with Gasteiger partial charge in [0.1, 0.15) is 11.7 Å². The molecule has 1 aliphatic carbocycles. The van der Waals surface area contributed by atoms with Crippen LogP contribution in [0.1, 0.15) is 55.1 Å². The van der Waals surface area contributed by atoms with Crippen LogP contribution in [-0.4, -0.2) is 46.8 Å². The first-order valence-corrected chi connectivity index (χ1v) is 12.0. The number of carbonyl (C=O) groups excluding carboxylic acids is 3. The van der Waals surface area contributed by atoms with Crippen molar-refractivity contribution >= 4 is 29.1 Å². The fraction of sp³-hybridized carbons (Fsp3) is 0.520. The molecule has 34 heavy (non-hydrogen) atoms. The summed E-state index contributed by atoms with van der Waals surface area (Å²) in [5.41, 5.74) is 2.14. The molecule has 9 heteroatoms. The number of nitrogens with zero attached hydrogens (tertiary/aromatic N) is 2. The van der Waals surface area contributed by atoms with Gasteiger partial charge in [0, 0.05) is 37.8 Å². The van der Waals surface area contributed by atoms with E-state index >= 15 is 0 Å². The Balaban J connectivity index is 1.35. The third kappa shape index (κ3) is 3.87. The summed E-state index contributed by atoms with van der Waals surface area (Å²) in [6, 6.07) is 6.52. The van der Waals surface area contributed by atoms with Crippen LogP contribution < -0.4 is 16.0 Å². The Bertz CT molecular complexity index is 1120. The van der Waals surface area contributed by atoms with Gasteiger partial charge >= 0.3 is 0 Å². The van der Waals surface area contributed by atoms with Crippen molar-refractivity contribution in [3.63, 3.8) is 0 Å². The number of nitrogens with one attached hydrogen (secondary N) is 3. The highest BCUT2D eigenvalue weighted by atomic mass is 16.5. The molecular formula is C25H31N5O4. The number of aryl methyl sites for hydroxylation is 1. The van der Waals surface area contributed by atoms with Crippen molar-refractivity contribution in [2.75, 3.05) is 23.8 Å². The third-order valence-corrected chi connectivity index (χ3v) is 7.87. The SMILES string of the molecule is CC(C1CCC1)C(NC(=O)c1ccnn1C)C(=O)Nc1ccc2c(c1)NC(=O)C21CCOCC1. The summed E-state index contributed by atoms with van der Waals surface area (Å²) >= 11 is 0. The minimum atomic E-state index is -0.683. The molecule has 2 unspecified atom stereocenters. The van der Waals surface area contributed by atoms with Crippen molar-refractivity contribution in [3.05, 3.63) is 41.7 Å². The van der Waals surface area contributed by atoms with E-state index < -0.39 is 11.5 Å². The number of ether oxygens (including phenoxy) is 1. The number of benzene rings is 1. The van der Waals surface area contributed by atoms with Gasteiger partial charge in [-0.2, -0.15) is 5.10 Å². The molecule has 9 nitrogen and oxygen atoms in total. The van der Waals surface area contributed by atoms with Gasteiger partial charge in [-0.1, -0.05) is 32.3 Å². The predicted octanol–water partition coefficient (Wildman–Crippen LogP) is 2.59. The summed E-state index contributed by atoms with van der Waals surface area (Å²) in [6.45, 7) is 3.14. The van der Waals surface area contributed by atoms with Crippen LogP contribution in [0.5, 0.6) is 0 Å². The lowest BCUT2D eigenvalue weighted by Gasteiger charge is -2.36. The molecule has 2 aliphatic heterocycles. The number of rotatable bonds is 6. The average molecular weight is 466 g/mol. The van der Waals surface area contributed by atoms with Crippen molar-refractivity contribution in [1.82, 2.24) is 15.1 Å². The topological polar surface area (TPSA) is 114 Å². The highest BCUT2D eigenvalue weighted by Crippen LogP contribution is 2.45. The van der Waals surface area contributed by atoms with Gasteiger partial charge in [-0.05, 0) is 48.4 Å². The summed E-state index contributed by atoms with van der Waals surface area (Å²) in [7, 11) is 1.70. The third-order valence-electron chi connectivity index (χ3n) is 7.87. The molecule has 3 N–H and O–H groups in total. The molecule has 0 radical (unpaired) electrons.